The molecule has 0 bridgehead atoms. The van der Waals surface area contributed by atoms with Gasteiger partial charge in [0.2, 0.25) is 10.0 Å². The number of sulfonamides is 1. The van der Waals surface area contributed by atoms with Crippen LogP contribution in [0.5, 0.6) is 0 Å². The molecule has 0 aliphatic heterocycles. The first-order valence-electron chi connectivity index (χ1n) is 6.33. The van der Waals surface area contributed by atoms with Gasteiger partial charge in [-0.15, -0.1) is 0 Å². The van der Waals surface area contributed by atoms with Crippen molar-refractivity contribution in [2.24, 2.45) is 0 Å². The predicted octanol–water partition coefficient (Wildman–Crippen LogP) is 2.89. The van der Waals surface area contributed by atoms with Crippen molar-refractivity contribution < 1.29 is 17.2 Å². The van der Waals surface area contributed by atoms with E-state index in [2.05, 4.69) is 4.72 Å². The van der Waals surface area contributed by atoms with E-state index in [1.165, 1.54) is 0 Å². The zero-order valence-corrected chi connectivity index (χ0v) is 12.3. The third-order valence-corrected chi connectivity index (χ3v) is 4.37. The fraction of sp³-hybridized carbons (Fsp3) is 0.200. The van der Waals surface area contributed by atoms with Crippen molar-refractivity contribution in [3.8, 4) is 0 Å². The molecule has 0 aromatic heterocycles. The summed E-state index contributed by atoms with van der Waals surface area (Å²) in [6.07, 6.45) is 0. The Balaban J connectivity index is 2.08. The standard InChI is InChI=1S/C15H15F2NO2S/c1-11-4-2-3-5-12(11)10-21(19,20)18-9-13-8-14(16)6-7-15(13)17/h2-8,18H,9-10H2,1H3. The lowest BCUT2D eigenvalue weighted by Gasteiger charge is -2.09. The zero-order chi connectivity index (χ0) is 15.5. The molecule has 3 nitrogen and oxygen atoms in total. The lowest BCUT2D eigenvalue weighted by Crippen LogP contribution is -2.25. The molecule has 0 saturated carbocycles. The summed E-state index contributed by atoms with van der Waals surface area (Å²) in [6.45, 7) is 1.54. The number of hydrogen-bond donors (Lipinski definition) is 1. The number of rotatable bonds is 5. The average molecular weight is 311 g/mol. The minimum atomic E-state index is -3.62. The molecule has 0 fully saturated rings. The molecule has 2 aromatic rings. The predicted molar refractivity (Wildman–Crippen MR) is 77.0 cm³/mol. The Labute approximate surface area is 122 Å². The van der Waals surface area contributed by atoms with Crippen LogP contribution in [0.3, 0.4) is 0 Å². The fourth-order valence-electron chi connectivity index (χ4n) is 1.89. The van der Waals surface area contributed by atoms with Crippen LogP contribution in [0, 0.1) is 18.6 Å². The smallest absolute Gasteiger partial charge is 0.212 e. The maximum absolute atomic E-state index is 13.4. The van der Waals surface area contributed by atoms with Crippen LogP contribution in [0.15, 0.2) is 42.5 Å². The van der Waals surface area contributed by atoms with E-state index in [9.17, 15) is 17.2 Å². The van der Waals surface area contributed by atoms with Gasteiger partial charge in [0.1, 0.15) is 11.6 Å². The number of aryl methyl sites for hydroxylation is 1. The van der Waals surface area contributed by atoms with Gasteiger partial charge in [0, 0.05) is 12.1 Å². The minimum Gasteiger partial charge on any atom is -0.212 e. The van der Waals surface area contributed by atoms with E-state index < -0.39 is 21.7 Å². The summed E-state index contributed by atoms with van der Waals surface area (Å²) in [4.78, 5) is 0. The van der Waals surface area contributed by atoms with E-state index in [1.54, 1.807) is 12.1 Å². The van der Waals surface area contributed by atoms with Crippen molar-refractivity contribution in [1.29, 1.82) is 0 Å². The van der Waals surface area contributed by atoms with Crippen LogP contribution in [-0.2, 0) is 22.3 Å². The lowest BCUT2D eigenvalue weighted by atomic mass is 10.1. The van der Waals surface area contributed by atoms with Crippen molar-refractivity contribution in [1.82, 2.24) is 4.72 Å². The summed E-state index contributed by atoms with van der Waals surface area (Å²) >= 11 is 0. The number of hydrogen-bond acceptors (Lipinski definition) is 2. The third-order valence-electron chi connectivity index (χ3n) is 3.10. The average Bonchev–Trinajstić information content (AvgIpc) is 2.42. The molecular formula is C15H15F2NO2S. The van der Waals surface area contributed by atoms with Crippen molar-refractivity contribution in [3.05, 3.63) is 70.8 Å². The first-order valence-corrected chi connectivity index (χ1v) is 7.98. The highest BCUT2D eigenvalue weighted by atomic mass is 32.2. The van der Waals surface area contributed by atoms with Crippen LogP contribution in [-0.4, -0.2) is 8.42 Å². The van der Waals surface area contributed by atoms with Gasteiger partial charge in [-0.3, -0.25) is 0 Å². The van der Waals surface area contributed by atoms with Gasteiger partial charge in [0.25, 0.3) is 0 Å². The Bertz CT molecular complexity index is 745. The van der Waals surface area contributed by atoms with Gasteiger partial charge in [-0.2, -0.15) is 0 Å². The summed E-state index contributed by atoms with van der Waals surface area (Å²) in [6, 6.07) is 10.0. The van der Waals surface area contributed by atoms with Gasteiger partial charge < -0.3 is 0 Å². The van der Waals surface area contributed by atoms with Crippen molar-refractivity contribution in [3.63, 3.8) is 0 Å². The molecule has 0 heterocycles. The Kier molecular flexibility index (Phi) is 4.69. The minimum absolute atomic E-state index is 0.0247. The molecule has 6 heteroatoms. The lowest BCUT2D eigenvalue weighted by molar-refractivity contribution is 0.566. The molecule has 0 unspecified atom stereocenters. The summed E-state index contributed by atoms with van der Waals surface area (Å²) in [5, 5.41) is 0. The van der Waals surface area contributed by atoms with E-state index in [4.69, 9.17) is 0 Å². The quantitative estimate of drug-likeness (QED) is 0.923. The van der Waals surface area contributed by atoms with Crippen LogP contribution in [0.1, 0.15) is 16.7 Å². The zero-order valence-electron chi connectivity index (χ0n) is 11.4. The molecule has 0 aliphatic carbocycles. The Morgan fingerprint density at radius 1 is 1.05 bits per heavy atom. The second kappa shape index (κ2) is 6.32. The van der Waals surface area contributed by atoms with Gasteiger partial charge in [-0.1, -0.05) is 24.3 Å². The highest BCUT2D eigenvalue weighted by Crippen LogP contribution is 2.13. The molecule has 0 aliphatic rings. The maximum atomic E-state index is 13.4. The van der Waals surface area contributed by atoms with Crippen LogP contribution >= 0.6 is 0 Å². The molecule has 1 N–H and O–H groups in total. The largest absolute Gasteiger partial charge is 0.216 e. The number of halogens is 2. The second-order valence-corrected chi connectivity index (χ2v) is 6.55. The molecule has 2 rings (SSSR count). The van der Waals surface area contributed by atoms with Crippen LogP contribution in [0.25, 0.3) is 0 Å². The maximum Gasteiger partial charge on any atom is 0.216 e. The first kappa shape index (κ1) is 15.6. The van der Waals surface area contributed by atoms with Crippen molar-refractivity contribution in [2.45, 2.75) is 19.2 Å². The molecule has 0 saturated heterocycles. The molecule has 21 heavy (non-hydrogen) atoms. The second-order valence-electron chi connectivity index (χ2n) is 4.74. The van der Waals surface area contributed by atoms with Gasteiger partial charge in [0.15, 0.2) is 0 Å². The Morgan fingerprint density at radius 3 is 2.48 bits per heavy atom. The molecule has 0 radical (unpaired) electrons. The molecular weight excluding hydrogens is 296 g/mol. The molecule has 0 amide bonds. The van der Waals surface area contributed by atoms with Crippen molar-refractivity contribution >= 4 is 10.0 Å². The Hall–Kier alpha value is -1.79. The summed E-state index contributed by atoms with van der Waals surface area (Å²) in [5.41, 5.74) is 1.51. The van der Waals surface area contributed by atoms with E-state index in [0.29, 0.717) is 5.56 Å². The van der Waals surface area contributed by atoms with Gasteiger partial charge >= 0.3 is 0 Å². The highest BCUT2D eigenvalue weighted by molar-refractivity contribution is 7.88. The topological polar surface area (TPSA) is 46.2 Å². The summed E-state index contributed by atoms with van der Waals surface area (Å²) < 4.78 is 52.7. The van der Waals surface area contributed by atoms with E-state index in [1.807, 2.05) is 19.1 Å². The van der Waals surface area contributed by atoms with Gasteiger partial charge in [-0.25, -0.2) is 21.9 Å². The van der Waals surface area contributed by atoms with E-state index in [0.717, 1.165) is 23.8 Å². The summed E-state index contributed by atoms with van der Waals surface area (Å²) in [5.74, 6) is -1.45. The number of benzene rings is 2. The van der Waals surface area contributed by atoms with Crippen molar-refractivity contribution in [2.75, 3.05) is 0 Å². The fourth-order valence-corrected chi connectivity index (χ4v) is 3.11. The van der Waals surface area contributed by atoms with Crippen LogP contribution in [0.2, 0.25) is 0 Å². The normalized spacial score (nSPS) is 11.6. The van der Waals surface area contributed by atoms with E-state index in [-0.39, 0.29) is 17.9 Å². The first-order chi connectivity index (χ1) is 9.87. The molecule has 112 valence electrons. The molecule has 0 atom stereocenters. The third kappa shape index (κ3) is 4.34. The van der Waals surface area contributed by atoms with Crippen LogP contribution < -0.4 is 4.72 Å². The molecule has 2 aromatic carbocycles. The van der Waals surface area contributed by atoms with Crippen LogP contribution in [0.4, 0.5) is 8.78 Å². The highest BCUT2D eigenvalue weighted by Gasteiger charge is 2.14. The van der Waals surface area contributed by atoms with Gasteiger partial charge in [-0.05, 0) is 36.2 Å². The monoisotopic (exact) mass is 311 g/mol. The molecule has 0 spiro atoms. The SMILES string of the molecule is Cc1ccccc1CS(=O)(=O)NCc1cc(F)ccc1F. The number of nitrogens with one attached hydrogen (secondary N) is 1. The Morgan fingerprint density at radius 2 is 1.76 bits per heavy atom. The summed E-state index contributed by atoms with van der Waals surface area (Å²) in [7, 11) is -3.62. The van der Waals surface area contributed by atoms with Gasteiger partial charge in [0.05, 0.1) is 5.75 Å². The van der Waals surface area contributed by atoms with E-state index >= 15 is 0 Å².